The smallest absolute Gasteiger partial charge is 0.224 e. The topological polar surface area (TPSA) is 29.1 Å². The lowest BCUT2D eigenvalue weighted by molar-refractivity contribution is -0.116. The second-order valence-corrected chi connectivity index (χ2v) is 5.28. The van der Waals surface area contributed by atoms with Crippen molar-refractivity contribution in [3.05, 3.63) is 64.4 Å². The maximum atomic E-state index is 13.5. The van der Waals surface area contributed by atoms with Crippen molar-refractivity contribution in [2.75, 3.05) is 5.32 Å². The summed E-state index contributed by atoms with van der Waals surface area (Å²) in [6.07, 6.45) is 1.92. The van der Waals surface area contributed by atoms with Crippen LogP contribution in [0.15, 0.2) is 42.5 Å². The second kappa shape index (κ2) is 7.23. The van der Waals surface area contributed by atoms with Crippen LogP contribution in [0.2, 0.25) is 5.02 Å². The predicted molar refractivity (Wildman–Crippen MR) is 84.2 cm³/mol. The molecule has 0 saturated carbocycles. The van der Waals surface area contributed by atoms with E-state index in [9.17, 15) is 9.18 Å². The van der Waals surface area contributed by atoms with Crippen LogP contribution in [0, 0.1) is 5.82 Å². The molecule has 0 fully saturated rings. The first kappa shape index (κ1) is 15.5. The Morgan fingerprint density at radius 1 is 1.14 bits per heavy atom. The third kappa shape index (κ3) is 4.57. The first-order valence-corrected chi connectivity index (χ1v) is 7.29. The number of amides is 1. The average molecular weight is 306 g/mol. The fourth-order valence-corrected chi connectivity index (χ4v) is 2.18. The largest absolute Gasteiger partial charge is 0.324 e. The van der Waals surface area contributed by atoms with Gasteiger partial charge in [-0.25, -0.2) is 4.39 Å². The molecule has 1 amide bonds. The van der Waals surface area contributed by atoms with E-state index in [1.54, 1.807) is 0 Å². The summed E-state index contributed by atoms with van der Waals surface area (Å²) in [7, 11) is 0. The molecule has 0 aliphatic rings. The van der Waals surface area contributed by atoms with E-state index in [4.69, 9.17) is 11.6 Å². The van der Waals surface area contributed by atoms with Gasteiger partial charge in [0.05, 0.1) is 5.69 Å². The van der Waals surface area contributed by atoms with Crippen molar-refractivity contribution in [3.63, 3.8) is 0 Å². The van der Waals surface area contributed by atoms with Crippen LogP contribution in [0.1, 0.15) is 24.5 Å². The van der Waals surface area contributed by atoms with Gasteiger partial charge in [-0.3, -0.25) is 4.79 Å². The lowest BCUT2D eigenvalue weighted by Crippen LogP contribution is -2.13. The summed E-state index contributed by atoms with van der Waals surface area (Å²) >= 11 is 5.78. The molecule has 0 aromatic heterocycles. The van der Waals surface area contributed by atoms with E-state index in [0.29, 0.717) is 17.9 Å². The monoisotopic (exact) mass is 305 g/mol. The zero-order chi connectivity index (χ0) is 15.2. The standard InChI is InChI=1S/C17H17ClFNO/c1-2-12-3-5-13(6-4-12)7-10-17(21)20-16-11-14(18)8-9-15(16)19/h3-6,8-9,11H,2,7,10H2,1H3,(H,20,21). The predicted octanol–water partition coefficient (Wildman–Crippen LogP) is 4.61. The summed E-state index contributed by atoms with van der Waals surface area (Å²) in [6, 6.07) is 12.2. The number of benzene rings is 2. The molecule has 2 aromatic rings. The van der Waals surface area contributed by atoms with Gasteiger partial charge in [-0.15, -0.1) is 0 Å². The Balaban J connectivity index is 1.91. The van der Waals surface area contributed by atoms with Crippen LogP contribution in [-0.4, -0.2) is 5.91 Å². The van der Waals surface area contributed by atoms with Crippen LogP contribution in [0.3, 0.4) is 0 Å². The van der Waals surface area contributed by atoms with Gasteiger partial charge in [0, 0.05) is 11.4 Å². The Morgan fingerprint density at radius 2 is 1.81 bits per heavy atom. The zero-order valence-electron chi connectivity index (χ0n) is 11.8. The van der Waals surface area contributed by atoms with Gasteiger partial charge in [-0.1, -0.05) is 42.8 Å². The number of carbonyl (C=O) groups is 1. The van der Waals surface area contributed by atoms with Gasteiger partial charge in [0.25, 0.3) is 0 Å². The van der Waals surface area contributed by atoms with Crippen molar-refractivity contribution in [3.8, 4) is 0 Å². The Hall–Kier alpha value is -1.87. The molecule has 0 bridgehead atoms. The van der Waals surface area contributed by atoms with Gasteiger partial charge in [0.15, 0.2) is 0 Å². The SMILES string of the molecule is CCc1ccc(CCC(=O)Nc2cc(Cl)ccc2F)cc1. The Labute approximate surface area is 128 Å². The number of aryl methyl sites for hydroxylation is 2. The van der Waals surface area contributed by atoms with Crippen molar-refractivity contribution in [2.24, 2.45) is 0 Å². The van der Waals surface area contributed by atoms with Gasteiger partial charge < -0.3 is 5.32 Å². The van der Waals surface area contributed by atoms with Crippen LogP contribution < -0.4 is 5.32 Å². The summed E-state index contributed by atoms with van der Waals surface area (Å²) in [6.45, 7) is 2.10. The fraction of sp³-hybridized carbons (Fsp3) is 0.235. The molecule has 0 saturated heterocycles. The van der Waals surface area contributed by atoms with E-state index in [0.717, 1.165) is 12.0 Å². The van der Waals surface area contributed by atoms with E-state index in [-0.39, 0.29) is 11.6 Å². The molecule has 21 heavy (non-hydrogen) atoms. The molecule has 0 aliphatic carbocycles. The van der Waals surface area contributed by atoms with E-state index in [1.165, 1.54) is 23.8 Å². The number of hydrogen-bond acceptors (Lipinski definition) is 1. The molecular formula is C17H17ClFNO. The van der Waals surface area contributed by atoms with E-state index >= 15 is 0 Å². The number of carbonyl (C=O) groups excluding carboxylic acids is 1. The summed E-state index contributed by atoms with van der Waals surface area (Å²) in [5, 5.41) is 2.94. The molecule has 0 heterocycles. The third-order valence-corrected chi connectivity index (χ3v) is 3.51. The van der Waals surface area contributed by atoms with Crippen molar-refractivity contribution >= 4 is 23.2 Å². The summed E-state index contributed by atoms with van der Waals surface area (Å²) in [5.74, 6) is -0.712. The van der Waals surface area contributed by atoms with Crippen LogP contribution in [0.5, 0.6) is 0 Å². The Morgan fingerprint density at radius 3 is 2.48 bits per heavy atom. The first-order valence-electron chi connectivity index (χ1n) is 6.91. The van der Waals surface area contributed by atoms with Crippen LogP contribution >= 0.6 is 11.6 Å². The fourth-order valence-electron chi connectivity index (χ4n) is 2.01. The Bertz CT molecular complexity index is 625. The molecule has 2 aromatic carbocycles. The normalized spacial score (nSPS) is 10.4. The maximum absolute atomic E-state index is 13.5. The number of hydrogen-bond donors (Lipinski definition) is 1. The van der Waals surface area contributed by atoms with Crippen molar-refractivity contribution in [2.45, 2.75) is 26.2 Å². The van der Waals surface area contributed by atoms with E-state index in [1.807, 2.05) is 12.1 Å². The number of anilines is 1. The van der Waals surface area contributed by atoms with Crippen LogP contribution in [0.4, 0.5) is 10.1 Å². The molecule has 0 aliphatic heterocycles. The number of nitrogens with one attached hydrogen (secondary N) is 1. The average Bonchev–Trinajstić information content (AvgIpc) is 2.49. The lowest BCUT2D eigenvalue weighted by Gasteiger charge is -2.07. The highest BCUT2D eigenvalue weighted by molar-refractivity contribution is 6.30. The molecule has 4 heteroatoms. The zero-order valence-corrected chi connectivity index (χ0v) is 12.6. The minimum atomic E-state index is -0.486. The van der Waals surface area contributed by atoms with Gasteiger partial charge >= 0.3 is 0 Å². The molecule has 0 spiro atoms. The lowest BCUT2D eigenvalue weighted by atomic mass is 10.1. The van der Waals surface area contributed by atoms with Gasteiger partial charge in [-0.2, -0.15) is 0 Å². The molecule has 0 atom stereocenters. The van der Waals surface area contributed by atoms with E-state index < -0.39 is 5.82 Å². The minimum absolute atomic E-state index is 0.119. The van der Waals surface area contributed by atoms with Gasteiger partial charge in [0.2, 0.25) is 5.91 Å². The van der Waals surface area contributed by atoms with Crippen LogP contribution in [0.25, 0.3) is 0 Å². The molecule has 2 nitrogen and oxygen atoms in total. The number of rotatable bonds is 5. The van der Waals surface area contributed by atoms with Gasteiger partial charge in [0.1, 0.15) is 5.82 Å². The number of halogens is 2. The van der Waals surface area contributed by atoms with Crippen molar-refractivity contribution < 1.29 is 9.18 Å². The van der Waals surface area contributed by atoms with Crippen LogP contribution in [-0.2, 0) is 17.6 Å². The maximum Gasteiger partial charge on any atom is 0.224 e. The highest BCUT2D eigenvalue weighted by Gasteiger charge is 2.08. The van der Waals surface area contributed by atoms with Crippen molar-refractivity contribution in [1.82, 2.24) is 0 Å². The minimum Gasteiger partial charge on any atom is -0.324 e. The Kier molecular flexibility index (Phi) is 5.34. The first-order chi connectivity index (χ1) is 10.1. The second-order valence-electron chi connectivity index (χ2n) is 4.84. The summed E-state index contributed by atoms with van der Waals surface area (Å²) < 4.78 is 13.5. The van der Waals surface area contributed by atoms with Crippen molar-refractivity contribution in [1.29, 1.82) is 0 Å². The third-order valence-electron chi connectivity index (χ3n) is 3.27. The van der Waals surface area contributed by atoms with Gasteiger partial charge in [-0.05, 0) is 42.2 Å². The molecule has 1 N–H and O–H groups in total. The molecule has 2 rings (SSSR count). The molecular weight excluding hydrogens is 289 g/mol. The molecule has 0 radical (unpaired) electrons. The summed E-state index contributed by atoms with van der Waals surface area (Å²) in [5.41, 5.74) is 2.48. The molecule has 110 valence electrons. The highest BCUT2D eigenvalue weighted by atomic mass is 35.5. The molecule has 0 unspecified atom stereocenters. The summed E-state index contributed by atoms with van der Waals surface area (Å²) in [4.78, 5) is 11.9. The quantitative estimate of drug-likeness (QED) is 0.858. The highest BCUT2D eigenvalue weighted by Crippen LogP contribution is 2.19. The van der Waals surface area contributed by atoms with E-state index in [2.05, 4.69) is 24.4 Å².